The number of aliphatic carboxylic acids is 1. The van der Waals surface area contributed by atoms with E-state index in [0.717, 1.165) is 12.8 Å². The molecule has 0 aromatic heterocycles. The van der Waals surface area contributed by atoms with Crippen molar-refractivity contribution in [2.45, 2.75) is 51.1 Å². The van der Waals surface area contributed by atoms with Gasteiger partial charge in [-0.25, -0.2) is 9.59 Å². The second kappa shape index (κ2) is 6.58. The first-order valence-corrected chi connectivity index (χ1v) is 6.36. The van der Waals surface area contributed by atoms with Crippen molar-refractivity contribution in [3.8, 4) is 0 Å². The van der Waals surface area contributed by atoms with Crippen LogP contribution in [0.3, 0.4) is 0 Å². The van der Waals surface area contributed by atoms with E-state index in [2.05, 4.69) is 10.6 Å². The van der Waals surface area contributed by atoms with E-state index in [1.807, 2.05) is 13.8 Å². The van der Waals surface area contributed by atoms with E-state index in [4.69, 9.17) is 9.84 Å². The molecule has 104 valence electrons. The predicted octanol–water partition coefficient (Wildman–Crippen LogP) is 1.11. The van der Waals surface area contributed by atoms with Crippen LogP contribution in [0, 0.1) is 0 Å². The van der Waals surface area contributed by atoms with Crippen LogP contribution in [0.1, 0.15) is 39.5 Å². The predicted molar refractivity (Wildman–Crippen MR) is 66.5 cm³/mol. The molecule has 1 rings (SSSR count). The Morgan fingerprint density at radius 3 is 2.50 bits per heavy atom. The molecule has 6 nitrogen and oxygen atoms in total. The highest BCUT2D eigenvalue weighted by atomic mass is 16.5. The van der Waals surface area contributed by atoms with Gasteiger partial charge in [-0.1, -0.05) is 13.3 Å². The third-order valence-electron chi connectivity index (χ3n) is 3.19. The molecule has 0 aromatic rings. The highest BCUT2D eigenvalue weighted by molar-refractivity contribution is 5.82. The summed E-state index contributed by atoms with van der Waals surface area (Å²) in [5.41, 5.74) is -0.308. The number of ether oxygens (including phenoxy) is 1. The number of urea groups is 1. The minimum absolute atomic E-state index is 0.308. The van der Waals surface area contributed by atoms with E-state index in [1.165, 1.54) is 0 Å². The van der Waals surface area contributed by atoms with Crippen LogP contribution in [0.2, 0.25) is 0 Å². The van der Waals surface area contributed by atoms with Gasteiger partial charge in [-0.3, -0.25) is 0 Å². The monoisotopic (exact) mass is 258 g/mol. The molecule has 0 spiro atoms. The Hall–Kier alpha value is -1.30. The molecular weight excluding hydrogens is 236 g/mol. The lowest BCUT2D eigenvalue weighted by Gasteiger charge is -2.34. The van der Waals surface area contributed by atoms with Crippen LogP contribution in [0.15, 0.2) is 0 Å². The second-order valence-electron chi connectivity index (χ2n) is 4.95. The lowest BCUT2D eigenvalue weighted by molar-refractivity contribution is -0.139. The van der Waals surface area contributed by atoms with Crippen LogP contribution in [-0.2, 0) is 9.53 Å². The lowest BCUT2D eigenvalue weighted by Crippen LogP contribution is -2.55. The largest absolute Gasteiger partial charge is 0.480 e. The van der Waals surface area contributed by atoms with Gasteiger partial charge in [0, 0.05) is 18.8 Å². The molecule has 18 heavy (non-hydrogen) atoms. The van der Waals surface area contributed by atoms with E-state index < -0.39 is 18.0 Å². The van der Waals surface area contributed by atoms with Gasteiger partial charge in [0.05, 0.1) is 0 Å². The molecule has 0 bridgehead atoms. The molecule has 1 fully saturated rings. The zero-order valence-corrected chi connectivity index (χ0v) is 11.0. The Labute approximate surface area is 107 Å². The normalized spacial score (nSPS) is 19.9. The SMILES string of the molecule is CCC[C@H](NC(=O)NC1(C)CCOCC1)C(=O)O. The lowest BCUT2D eigenvalue weighted by atomic mass is 9.93. The van der Waals surface area contributed by atoms with E-state index in [9.17, 15) is 9.59 Å². The molecule has 0 unspecified atom stereocenters. The number of carboxylic acid groups (broad SMARTS) is 1. The van der Waals surface area contributed by atoms with Crippen LogP contribution in [0.25, 0.3) is 0 Å². The van der Waals surface area contributed by atoms with Gasteiger partial charge in [0.25, 0.3) is 0 Å². The van der Waals surface area contributed by atoms with Crippen molar-refractivity contribution in [1.29, 1.82) is 0 Å². The van der Waals surface area contributed by atoms with Gasteiger partial charge in [0.2, 0.25) is 0 Å². The standard InChI is InChI=1S/C12H22N2O4/c1-3-4-9(10(15)16)13-11(17)14-12(2)5-7-18-8-6-12/h9H,3-8H2,1-2H3,(H,15,16)(H2,13,14,17)/t9-/m0/s1. The zero-order chi connectivity index (χ0) is 13.6. The highest BCUT2D eigenvalue weighted by Crippen LogP contribution is 2.19. The number of carbonyl (C=O) groups is 2. The number of carbonyl (C=O) groups excluding carboxylic acids is 1. The summed E-state index contributed by atoms with van der Waals surface area (Å²) in [6, 6.07) is -1.24. The average molecular weight is 258 g/mol. The van der Waals surface area contributed by atoms with Crippen molar-refractivity contribution in [2.75, 3.05) is 13.2 Å². The van der Waals surface area contributed by atoms with E-state index in [-0.39, 0.29) is 5.54 Å². The van der Waals surface area contributed by atoms with Crippen LogP contribution >= 0.6 is 0 Å². The fraction of sp³-hybridized carbons (Fsp3) is 0.833. The summed E-state index contributed by atoms with van der Waals surface area (Å²) in [6.07, 6.45) is 2.63. The van der Waals surface area contributed by atoms with Crippen molar-refractivity contribution in [3.05, 3.63) is 0 Å². The first-order valence-electron chi connectivity index (χ1n) is 6.36. The zero-order valence-electron chi connectivity index (χ0n) is 11.0. The van der Waals surface area contributed by atoms with Crippen LogP contribution in [-0.4, -0.2) is 41.9 Å². The second-order valence-corrected chi connectivity index (χ2v) is 4.95. The molecule has 1 aliphatic heterocycles. The molecule has 1 heterocycles. The first-order chi connectivity index (χ1) is 8.47. The topological polar surface area (TPSA) is 87.7 Å². The summed E-state index contributed by atoms with van der Waals surface area (Å²) in [6.45, 7) is 5.07. The quantitative estimate of drug-likeness (QED) is 0.689. The molecule has 0 aromatic carbocycles. The summed E-state index contributed by atoms with van der Waals surface area (Å²) in [7, 11) is 0. The summed E-state index contributed by atoms with van der Waals surface area (Å²) < 4.78 is 5.24. The van der Waals surface area contributed by atoms with Crippen LogP contribution < -0.4 is 10.6 Å². The Bertz CT molecular complexity index is 300. The van der Waals surface area contributed by atoms with Gasteiger partial charge in [0.1, 0.15) is 6.04 Å². The van der Waals surface area contributed by atoms with E-state index >= 15 is 0 Å². The van der Waals surface area contributed by atoms with Gasteiger partial charge in [-0.05, 0) is 26.2 Å². The van der Waals surface area contributed by atoms with Crippen LogP contribution in [0.4, 0.5) is 4.79 Å². The molecule has 3 N–H and O–H groups in total. The van der Waals surface area contributed by atoms with Gasteiger partial charge in [-0.2, -0.15) is 0 Å². The number of carboxylic acids is 1. The maximum atomic E-state index is 11.8. The minimum atomic E-state index is -0.996. The van der Waals surface area contributed by atoms with Gasteiger partial charge >= 0.3 is 12.0 Å². The van der Waals surface area contributed by atoms with Crippen molar-refractivity contribution >= 4 is 12.0 Å². The fourth-order valence-corrected chi connectivity index (χ4v) is 1.96. The molecule has 1 atom stereocenters. The molecule has 0 radical (unpaired) electrons. The van der Waals surface area contributed by atoms with Gasteiger partial charge in [0.15, 0.2) is 0 Å². The minimum Gasteiger partial charge on any atom is -0.480 e. The van der Waals surface area contributed by atoms with E-state index in [1.54, 1.807) is 0 Å². The molecule has 1 aliphatic rings. The smallest absolute Gasteiger partial charge is 0.326 e. The maximum absolute atomic E-state index is 11.8. The summed E-state index contributed by atoms with van der Waals surface area (Å²) in [5, 5.41) is 14.3. The molecule has 2 amide bonds. The summed E-state index contributed by atoms with van der Waals surface area (Å²) in [4.78, 5) is 22.7. The number of rotatable bonds is 5. The van der Waals surface area contributed by atoms with Crippen molar-refractivity contribution in [3.63, 3.8) is 0 Å². The summed E-state index contributed by atoms with van der Waals surface area (Å²) in [5.74, 6) is -0.996. The third-order valence-corrected chi connectivity index (χ3v) is 3.19. The Morgan fingerprint density at radius 2 is 2.00 bits per heavy atom. The first kappa shape index (κ1) is 14.8. The van der Waals surface area contributed by atoms with Gasteiger partial charge in [-0.15, -0.1) is 0 Å². The fourth-order valence-electron chi connectivity index (χ4n) is 1.96. The summed E-state index contributed by atoms with van der Waals surface area (Å²) >= 11 is 0. The average Bonchev–Trinajstić information content (AvgIpc) is 2.28. The Balaban J connectivity index is 2.46. The van der Waals surface area contributed by atoms with Crippen molar-refractivity contribution < 1.29 is 19.4 Å². The van der Waals surface area contributed by atoms with E-state index in [0.29, 0.717) is 26.1 Å². The molecule has 6 heteroatoms. The molecular formula is C12H22N2O4. The van der Waals surface area contributed by atoms with Crippen molar-refractivity contribution in [2.24, 2.45) is 0 Å². The molecule has 1 saturated heterocycles. The number of hydrogen-bond acceptors (Lipinski definition) is 3. The van der Waals surface area contributed by atoms with Crippen molar-refractivity contribution in [1.82, 2.24) is 10.6 Å². The Kier molecular flexibility index (Phi) is 5.40. The number of nitrogens with one attached hydrogen (secondary N) is 2. The van der Waals surface area contributed by atoms with Gasteiger partial charge < -0.3 is 20.5 Å². The highest BCUT2D eigenvalue weighted by Gasteiger charge is 2.30. The Morgan fingerprint density at radius 1 is 1.39 bits per heavy atom. The maximum Gasteiger partial charge on any atom is 0.326 e. The third kappa shape index (κ3) is 4.52. The number of amides is 2. The number of hydrogen-bond donors (Lipinski definition) is 3. The molecule has 0 saturated carbocycles. The molecule has 0 aliphatic carbocycles. The van der Waals surface area contributed by atoms with Crippen LogP contribution in [0.5, 0.6) is 0 Å².